The van der Waals surface area contributed by atoms with Crippen molar-refractivity contribution in [1.82, 2.24) is 4.90 Å². The molecule has 5 heteroatoms. The van der Waals surface area contributed by atoms with Gasteiger partial charge in [0, 0.05) is 12.3 Å². The summed E-state index contributed by atoms with van der Waals surface area (Å²) in [5.41, 5.74) is 1.16. The third-order valence-corrected chi connectivity index (χ3v) is 5.99. The summed E-state index contributed by atoms with van der Waals surface area (Å²) in [6.07, 6.45) is 3.18. The molecule has 3 unspecified atom stereocenters. The Kier molecular flexibility index (Phi) is 5.39. The smallest absolute Gasteiger partial charge is 0.109 e. The highest BCUT2D eigenvalue weighted by Gasteiger charge is 2.33. The zero-order valence-electron chi connectivity index (χ0n) is 11.0. The molecule has 2 N–H and O–H groups in total. The zero-order chi connectivity index (χ0) is 13.1. The molecule has 1 heterocycles. The van der Waals surface area contributed by atoms with Gasteiger partial charge in [-0.3, -0.25) is 0 Å². The van der Waals surface area contributed by atoms with Crippen LogP contribution in [0.25, 0.3) is 0 Å². The average molecular weight is 261 g/mol. The second-order valence-corrected chi connectivity index (χ2v) is 7.96. The molecule has 0 saturated heterocycles. The van der Waals surface area contributed by atoms with Gasteiger partial charge in [-0.05, 0) is 19.8 Å². The predicted octanol–water partition coefficient (Wildman–Crippen LogP) is 2.03. The maximum atomic E-state index is 12.6. The molecule has 0 aromatic rings. The van der Waals surface area contributed by atoms with Gasteiger partial charge in [0.05, 0.1) is 6.29 Å². The molecule has 0 spiro atoms. The van der Waals surface area contributed by atoms with Crippen molar-refractivity contribution in [3.63, 3.8) is 0 Å². The van der Waals surface area contributed by atoms with E-state index in [-0.39, 0.29) is 0 Å². The molecule has 0 bridgehead atoms. The summed E-state index contributed by atoms with van der Waals surface area (Å²) in [7, 11) is -2.30. The van der Waals surface area contributed by atoms with E-state index in [1.807, 2.05) is 26.8 Å². The van der Waals surface area contributed by atoms with Gasteiger partial charge in [0.15, 0.2) is 0 Å². The van der Waals surface area contributed by atoms with E-state index in [1.165, 1.54) is 0 Å². The van der Waals surface area contributed by atoms with Gasteiger partial charge >= 0.3 is 0 Å². The average Bonchev–Trinajstić information content (AvgIpc) is 2.64. The van der Waals surface area contributed by atoms with Crippen LogP contribution < -0.4 is 0 Å². The minimum absolute atomic E-state index is 0.310. The summed E-state index contributed by atoms with van der Waals surface area (Å²) < 4.78 is 12.6. The highest BCUT2D eigenvalue weighted by atomic mass is 31.2. The SMILES string of the molecule is CCC(O)N(CP1(=O)CC=C(C)C1)C(O)CC. The molecule has 0 saturated carbocycles. The van der Waals surface area contributed by atoms with E-state index >= 15 is 0 Å². The fourth-order valence-corrected chi connectivity index (χ4v) is 5.17. The Morgan fingerprint density at radius 1 is 1.35 bits per heavy atom. The molecule has 0 aromatic carbocycles. The highest BCUT2D eigenvalue weighted by Crippen LogP contribution is 2.52. The van der Waals surface area contributed by atoms with Gasteiger partial charge in [-0.2, -0.15) is 0 Å². The van der Waals surface area contributed by atoms with Crippen LogP contribution >= 0.6 is 7.14 Å². The number of aliphatic hydroxyl groups is 2. The van der Waals surface area contributed by atoms with Crippen LogP contribution in [0.3, 0.4) is 0 Å². The molecule has 0 amide bonds. The normalized spacial score (nSPS) is 28.2. The lowest BCUT2D eigenvalue weighted by Crippen LogP contribution is -2.43. The highest BCUT2D eigenvalue weighted by molar-refractivity contribution is 7.64. The van der Waals surface area contributed by atoms with Gasteiger partial charge < -0.3 is 14.8 Å². The number of allylic oxidation sites excluding steroid dienone is 2. The lowest BCUT2D eigenvalue weighted by atomic mass is 10.3. The van der Waals surface area contributed by atoms with Crippen LogP contribution in [0.2, 0.25) is 0 Å². The maximum absolute atomic E-state index is 12.6. The first-order chi connectivity index (χ1) is 7.91. The predicted molar refractivity (Wildman–Crippen MR) is 70.4 cm³/mol. The molecule has 1 aliphatic rings. The van der Waals surface area contributed by atoms with Crippen LogP contribution in [0.5, 0.6) is 0 Å². The minimum Gasteiger partial charge on any atom is -0.378 e. The maximum Gasteiger partial charge on any atom is 0.109 e. The molecule has 3 atom stereocenters. The largest absolute Gasteiger partial charge is 0.378 e. The molecule has 0 aromatic heterocycles. The number of hydrogen-bond acceptors (Lipinski definition) is 4. The molecular formula is C12H24NO3P. The van der Waals surface area contributed by atoms with Crippen molar-refractivity contribution >= 4 is 7.14 Å². The summed E-state index contributed by atoms with van der Waals surface area (Å²) in [5, 5.41) is 19.8. The van der Waals surface area contributed by atoms with E-state index in [9.17, 15) is 14.8 Å². The van der Waals surface area contributed by atoms with Gasteiger partial charge in [-0.1, -0.05) is 25.5 Å². The molecule has 0 fully saturated rings. The number of hydrogen-bond donors (Lipinski definition) is 2. The van der Waals surface area contributed by atoms with Crippen molar-refractivity contribution in [3.05, 3.63) is 11.6 Å². The standard InChI is InChI=1S/C12H24NO3P/c1-4-11(14)13(12(15)5-2)9-17(16)7-6-10(3)8-17/h6,11-12,14-15H,4-5,7-9H2,1-3H3. The molecule has 0 aliphatic carbocycles. The second kappa shape index (κ2) is 6.14. The van der Waals surface area contributed by atoms with Crippen molar-refractivity contribution in [1.29, 1.82) is 0 Å². The minimum atomic E-state index is -2.30. The summed E-state index contributed by atoms with van der Waals surface area (Å²) in [4.78, 5) is 1.58. The Labute approximate surface area is 104 Å². The zero-order valence-corrected chi connectivity index (χ0v) is 11.9. The van der Waals surface area contributed by atoms with E-state index in [2.05, 4.69) is 0 Å². The summed E-state index contributed by atoms with van der Waals surface area (Å²) in [6.45, 7) is 5.69. The van der Waals surface area contributed by atoms with Gasteiger partial charge in [-0.15, -0.1) is 0 Å². The quantitative estimate of drug-likeness (QED) is 0.436. The number of aliphatic hydroxyl groups excluding tert-OH is 2. The van der Waals surface area contributed by atoms with Crippen molar-refractivity contribution in [2.45, 2.75) is 46.1 Å². The summed E-state index contributed by atoms with van der Waals surface area (Å²) >= 11 is 0. The Morgan fingerprint density at radius 3 is 2.24 bits per heavy atom. The monoisotopic (exact) mass is 261 g/mol. The first kappa shape index (κ1) is 14.9. The van der Waals surface area contributed by atoms with Crippen LogP contribution in [0, 0.1) is 0 Å². The Hall–Kier alpha value is -0.150. The fraction of sp³-hybridized carbons (Fsp3) is 0.833. The topological polar surface area (TPSA) is 60.8 Å². The van der Waals surface area contributed by atoms with Gasteiger partial charge in [-0.25, -0.2) is 4.90 Å². The molecule has 100 valence electrons. The summed E-state index contributed by atoms with van der Waals surface area (Å²) in [5.74, 6) is 0. The molecular weight excluding hydrogens is 237 g/mol. The van der Waals surface area contributed by atoms with Crippen LogP contribution in [-0.4, -0.2) is 46.2 Å². The molecule has 1 aliphatic heterocycles. The third kappa shape index (κ3) is 3.92. The van der Waals surface area contributed by atoms with Gasteiger partial charge in [0.1, 0.15) is 19.6 Å². The third-order valence-electron chi connectivity index (χ3n) is 3.23. The van der Waals surface area contributed by atoms with E-state index in [1.54, 1.807) is 4.90 Å². The second-order valence-electron chi connectivity index (χ2n) is 4.88. The van der Waals surface area contributed by atoms with Crippen LogP contribution in [0.1, 0.15) is 33.6 Å². The van der Waals surface area contributed by atoms with E-state index < -0.39 is 19.6 Å². The van der Waals surface area contributed by atoms with E-state index in [0.717, 1.165) is 5.57 Å². The van der Waals surface area contributed by atoms with E-state index in [4.69, 9.17) is 0 Å². The van der Waals surface area contributed by atoms with Crippen molar-refractivity contribution in [2.75, 3.05) is 18.6 Å². The Balaban J connectivity index is 2.70. The summed E-state index contributed by atoms with van der Waals surface area (Å²) in [6, 6.07) is 0. The van der Waals surface area contributed by atoms with E-state index in [0.29, 0.717) is 31.5 Å². The number of nitrogens with zero attached hydrogens (tertiary/aromatic N) is 1. The van der Waals surface area contributed by atoms with Gasteiger partial charge in [0.2, 0.25) is 0 Å². The Morgan fingerprint density at radius 2 is 1.88 bits per heavy atom. The van der Waals surface area contributed by atoms with Crippen molar-refractivity contribution in [2.24, 2.45) is 0 Å². The first-order valence-corrected chi connectivity index (χ1v) is 8.52. The molecule has 0 radical (unpaired) electrons. The Bertz CT molecular complexity index is 320. The van der Waals surface area contributed by atoms with Crippen molar-refractivity contribution in [3.8, 4) is 0 Å². The molecule has 1 rings (SSSR count). The first-order valence-electron chi connectivity index (χ1n) is 6.26. The van der Waals surface area contributed by atoms with Crippen LogP contribution in [0.15, 0.2) is 11.6 Å². The van der Waals surface area contributed by atoms with Crippen LogP contribution in [-0.2, 0) is 4.57 Å². The molecule has 17 heavy (non-hydrogen) atoms. The lowest BCUT2D eigenvalue weighted by Gasteiger charge is -2.33. The molecule has 4 nitrogen and oxygen atoms in total. The van der Waals surface area contributed by atoms with Crippen molar-refractivity contribution < 1.29 is 14.8 Å². The van der Waals surface area contributed by atoms with Crippen LogP contribution in [0.4, 0.5) is 0 Å². The fourth-order valence-electron chi connectivity index (χ4n) is 2.17. The number of rotatable bonds is 6. The van der Waals surface area contributed by atoms with Gasteiger partial charge in [0.25, 0.3) is 0 Å². The lowest BCUT2D eigenvalue weighted by molar-refractivity contribution is -0.0928.